The van der Waals surface area contributed by atoms with Crippen molar-refractivity contribution in [2.75, 3.05) is 7.11 Å². The molecule has 0 radical (unpaired) electrons. The average molecular weight is 366 g/mol. The second-order valence-corrected chi connectivity index (χ2v) is 5.65. The minimum atomic E-state index is -0.520. The summed E-state index contributed by atoms with van der Waals surface area (Å²) in [5.41, 5.74) is 1.36. The van der Waals surface area contributed by atoms with Crippen molar-refractivity contribution in [3.05, 3.63) is 75.3 Å². The predicted molar refractivity (Wildman–Crippen MR) is 95.9 cm³/mol. The van der Waals surface area contributed by atoms with Gasteiger partial charge in [0.05, 0.1) is 28.8 Å². The van der Waals surface area contributed by atoms with Crippen LogP contribution in [0.1, 0.15) is 27.6 Å². The van der Waals surface area contributed by atoms with E-state index in [0.717, 1.165) is 0 Å². The Morgan fingerprint density at radius 1 is 1.11 bits per heavy atom. The van der Waals surface area contributed by atoms with Crippen molar-refractivity contribution in [2.24, 2.45) is 4.99 Å². The molecule has 8 nitrogen and oxygen atoms in total. The molecule has 136 valence electrons. The molecule has 0 aliphatic heterocycles. The fourth-order valence-corrected chi connectivity index (χ4v) is 2.47. The van der Waals surface area contributed by atoms with E-state index in [9.17, 15) is 19.7 Å². The highest BCUT2D eigenvalue weighted by atomic mass is 16.6. The summed E-state index contributed by atoms with van der Waals surface area (Å²) in [5.74, 6) is -0.764. The number of carbonyl (C=O) groups is 2. The molecule has 0 spiro atoms. The first kappa shape index (κ1) is 18.0. The molecular formula is C19H14N2O6. The lowest BCUT2D eigenvalue weighted by atomic mass is 10.1. The number of ether oxygens (including phenoxy) is 1. The molecule has 1 heterocycles. The molecule has 8 heteroatoms. The maximum atomic E-state index is 12.0. The van der Waals surface area contributed by atoms with E-state index in [-0.39, 0.29) is 22.6 Å². The van der Waals surface area contributed by atoms with Gasteiger partial charge in [-0.2, -0.15) is 0 Å². The van der Waals surface area contributed by atoms with E-state index >= 15 is 0 Å². The number of carbonyl (C=O) groups excluding carboxylic acids is 2. The van der Waals surface area contributed by atoms with E-state index in [1.165, 1.54) is 38.3 Å². The molecule has 0 amide bonds. The van der Waals surface area contributed by atoms with Gasteiger partial charge < -0.3 is 9.15 Å². The summed E-state index contributed by atoms with van der Waals surface area (Å²) in [5, 5.41) is 11.4. The zero-order chi connectivity index (χ0) is 19.6. The number of esters is 1. The number of hydrogen-bond acceptors (Lipinski definition) is 7. The molecule has 0 saturated carbocycles. The average Bonchev–Trinajstić information content (AvgIpc) is 2.66. The summed E-state index contributed by atoms with van der Waals surface area (Å²) in [6.45, 7) is 1.35. The van der Waals surface area contributed by atoms with Crippen LogP contribution in [0.4, 0.5) is 11.4 Å². The van der Waals surface area contributed by atoms with Crippen molar-refractivity contribution < 1.29 is 23.7 Å². The summed E-state index contributed by atoms with van der Waals surface area (Å²) in [4.78, 5) is 38.2. The zero-order valence-electron chi connectivity index (χ0n) is 14.5. The molecule has 0 bridgehead atoms. The quantitative estimate of drug-likeness (QED) is 0.302. The van der Waals surface area contributed by atoms with Gasteiger partial charge in [0.1, 0.15) is 5.58 Å². The summed E-state index contributed by atoms with van der Waals surface area (Å²) in [6.07, 6.45) is 0. The van der Waals surface area contributed by atoms with E-state index in [0.29, 0.717) is 22.2 Å². The number of non-ortho nitro benzene ring substituents is 1. The van der Waals surface area contributed by atoms with E-state index in [2.05, 4.69) is 9.73 Å². The number of Topliss-reactive ketones (excluding diaryl/α,β-unsaturated/α-hetero) is 1. The van der Waals surface area contributed by atoms with Gasteiger partial charge in [0.25, 0.3) is 5.69 Å². The second-order valence-electron chi connectivity index (χ2n) is 5.65. The standard InChI is InChI=1S/C19H14N2O6/c1-11(22)16-10-13-9-15(21(24)25)7-8-17(13)27-18(16)20-14-5-3-12(4-6-14)19(23)26-2/h3-10H,1-2H3/b20-18-. The number of methoxy groups -OCH3 is 1. The van der Waals surface area contributed by atoms with Crippen LogP contribution in [0, 0.1) is 10.1 Å². The Bertz CT molecular complexity index is 1130. The van der Waals surface area contributed by atoms with Crippen molar-refractivity contribution >= 4 is 34.1 Å². The largest absolute Gasteiger partial charge is 0.465 e. The Labute approximate surface area is 152 Å². The molecular weight excluding hydrogens is 352 g/mol. The van der Waals surface area contributed by atoms with E-state index < -0.39 is 10.9 Å². The number of nitro benzene ring substituents is 1. The highest BCUT2D eigenvalue weighted by Gasteiger charge is 2.12. The van der Waals surface area contributed by atoms with Crippen molar-refractivity contribution in [3.63, 3.8) is 0 Å². The number of nitrogens with zero attached hydrogens (tertiary/aromatic N) is 2. The van der Waals surface area contributed by atoms with E-state index in [1.54, 1.807) is 24.3 Å². The van der Waals surface area contributed by atoms with Gasteiger partial charge in [-0.15, -0.1) is 0 Å². The molecule has 0 N–H and O–H groups in total. The Balaban J connectivity index is 2.14. The van der Waals surface area contributed by atoms with Crippen molar-refractivity contribution in [1.29, 1.82) is 0 Å². The van der Waals surface area contributed by atoms with Crippen LogP contribution in [0.15, 0.2) is 57.9 Å². The van der Waals surface area contributed by atoms with Crippen LogP contribution in [0.25, 0.3) is 11.0 Å². The zero-order valence-corrected chi connectivity index (χ0v) is 14.5. The third-order valence-corrected chi connectivity index (χ3v) is 3.84. The molecule has 0 unspecified atom stereocenters. The van der Waals surface area contributed by atoms with Crippen LogP contribution in [-0.4, -0.2) is 23.8 Å². The first-order valence-corrected chi connectivity index (χ1v) is 7.85. The minimum Gasteiger partial charge on any atom is -0.465 e. The van der Waals surface area contributed by atoms with Gasteiger partial charge in [-0.25, -0.2) is 9.79 Å². The van der Waals surface area contributed by atoms with Gasteiger partial charge in [0.15, 0.2) is 5.78 Å². The lowest BCUT2D eigenvalue weighted by Gasteiger charge is -2.03. The summed E-state index contributed by atoms with van der Waals surface area (Å²) < 4.78 is 10.3. The topological polar surface area (TPSA) is 112 Å². The molecule has 0 fully saturated rings. The summed E-state index contributed by atoms with van der Waals surface area (Å²) in [7, 11) is 1.29. The number of fused-ring (bicyclic) bond motifs is 1. The normalized spacial score (nSPS) is 11.4. The van der Waals surface area contributed by atoms with Gasteiger partial charge in [-0.1, -0.05) is 0 Å². The number of rotatable bonds is 4. The third-order valence-electron chi connectivity index (χ3n) is 3.84. The molecule has 1 aromatic heterocycles. The van der Waals surface area contributed by atoms with Gasteiger partial charge in [0, 0.05) is 17.5 Å². The Morgan fingerprint density at radius 2 is 1.81 bits per heavy atom. The van der Waals surface area contributed by atoms with Crippen LogP contribution in [0.2, 0.25) is 0 Å². The van der Waals surface area contributed by atoms with Crippen molar-refractivity contribution in [3.8, 4) is 0 Å². The van der Waals surface area contributed by atoms with E-state index in [4.69, 9.17) is 4.42 Å². The van der Waals surface area contributed by atoms with Gasteiger partial charge in [-0.3, -0.25) is 14.9 Å². The molecule has 27 heavy (non-hydrogen) atoms. The van der Waals surface area contributed by atoms with Gasteiger partial charge >= 0.3 is 5.97 Å². The van der Waals surface area contributed by atoms with Crippen LogP contribution < -0.4 is 5.55 Å². The maximum absolute atomic E-state index is 12.0. The number of nitro groups is 1. The SMILES string of the molecule is COC(=O)c1ccc(/N=c2\oc3ccc([N+](=O)[O-])cc3cc2C(C)=O)cc1. The molecule has 3 rings (SSSR count). The van der Waals surface area contributed by atoms with Crippen LogP contribution in [-0.2, 0) is 4.74 Å². The lowest BCUT2D eigenvalue weighted by molar-refractivity contribution is -0.384. The van der Waals surface area contributed by atoms with E-state index in [1.807, 2.05) is 0 Å². The Hall–Kier alpha value is -3.81. The highest BCUT2D eigenvalue weighted by Crippen LogP contribution is 2.21. The second kappa shape index (κ2) is 7.20. The minimum absolute atomic E-state index is 0.0784. The van der Waals surface area contributed by atoms with Crippen molar-refractivity contribution in [1.82, 2.24) is 0 Å². The molecule has 0 aliphatic carbocycles. The number of hydrogen-bond donors (Lipinski definition) is 0. The maximum Gasteiger partial charge on any atom is 0.337 e. The molecule has 3 aromatic rings. The molecule has 0 atom stereocenters. The first-order valence-electron chi connectivity index (χ1n) is 7.85. The Kier molecular flexibility index (Phi) is 4.80. The summed E-state index contributed by atoms with van der Waals surface area (Å²) in [6, 6.07) is 11.9. The molecule has 2 aromatic carbocycles. The van der Waals surface area contributed by atoms with Crippen LogP contribution >= 0.6 is 0 Å². The Morgan fingerprint density at radius 3 is 2.41 bits per heavy atom. The smallest absolute Gasteiger partial charge is 0.337 e. The van der Waals surface area contributed by atoms with Crippen LogP contribution in [0.3, 0.4) is 0 Å². The third kappa shape index (κ3) is 3.74. The summed E-state index contributed by atoms with van der Waals surface area (Å²) >= 11 is 0. The highest BCUT2D eigenvalue weighted by molar-refractivity contribution is 5.96. The van der Waals surface area contributed by atoms with Crippen molar-refractivity contribution in [2.45, 2.75) is 6.92 Å². The molecule has 0 saturated heterocycles. The van der Waals surface area contributed by atoms with Gasteiger partial charge in [-0.05, 0) is 43.3 Å². The first-order chi connectivity index (χ1) is 12.9. The number of ketones is 1. The van der Waals surface area contributed by atoms with Gasteiger partial charge in [0.2, 0.25) is 5.55 Å². The number of benzene rings is 2. The fraction of sp³-hybridized carbons (Fsp3) is 0.105. The van der Waals surface area contributed by atoms with Crippen LogP contribution in [0.5, 0.6) is 0 Å². The lowest BCUT2D eigenvalue weighted by Crippen LogP contribution is -2.13. The predicted octanol–water partition coefficient (Wildman–Crippen LogP) is 3.56. The monoisotopic (exact) mass is 366 g/mol. The molecule has 0 aliphatic rings. The fourth-order valence-electron chi connectivity index (χ4n) is 2.47.